The molecule has 2 unspecified atom stereocenters. The predicted molar refractivity (Wildman–Crippen MR) is 67.9 cm³/mol. The molecule has 1 N–H and O–H groups in total. The van der Waals surface area contributed by atoms with E-state index in [2.05, 4.69) is 0 Å². The second-order valence-corrected chi connectivity index (χ2v) is 4.06. The van der Waals surface area contributed by atoms with Crippen molar-refractivity contribution < 1.29 is 14.6 Å². The first-order chi connectivity index (χ1) is 8.24. The summed E-state index contributed by atoms with van der Waals surface area (Å²) in [6, 6.07) is 9.65. The quantitative estimate of drug-likeness (QED) is 0.756. The fourth-order valence-corrected chi connectivity index (χ4v) is 1.55. The molecule has 1 aromatic carbocycles. The third kappa shape index (κ3) is 5.82. The van der Waals surface area contributed by atoms with Crippen LogP contribution in [-0.4, -0.2) is 31.0 Å². The van der Waals surface area contributed by atoms with E-state index in [4.69, 9.17) is 9.47 Å². The Morgan fingerprint density at radius 1 is 1.24 bits per heavy atom. The third-order valence-corrected chi connectivity index (χ3v) is 2.53. The molecular formula is C14H22O3. The summed E-state index contributed by atoms with van der Waals surface area (Å²) in [4.78, 5) is 0. The average molecular weight is 238 g/mol. The maximum Gasteiger partial charge on any atom is 0.0812 e. The van der Waals surface area contributed by atoms with Crippen LogP contribution in [0.1, 0.15) is 31.9 Å². The highest BCUT2D eigenvalue weighted by atomic mass is 16.5. The van der Waals surface area contributed by atoms with Gasteiger partial charge in [-0.2, -0.15) is 0 Å². The Bertz CT molecular complexity index is 287. The lowest BCUT2D eigenvalue weighted by Crippen LogP contribution is -2.17. The van der Waals surface area contributed by atoms with Crippen molar-refractivity contribution in [3.8, 4) is 0 Å². The monoisotopic (exact) mass is 238 g/mol. The molecule has 3 nitrogen and oxygen atoms in total. The zero-order chi connectivity index (χ0) is 12.5. The van der Waals surface area contributed by atoms with Crippen LogP contribution >= 0.6 is 0 Å². The van der Waals surface area contributed by atoms with Crippen LogP contribution in [0.4, 0.5) is 0 Å². The Balaban J connectivity index is 2.18. The van der Waals surface area contributed by atoms with Crippen molar-refractivity contribution in [1.29, 1.82) is 0 Å². The number of hydrogen-bond acceptors (Lipinski definition) is 3. The number of hydrogen-bond donors (Lipinski definition) is 1. The zero-order valence-corrected chi connectivity index (χ0v) is 10.6. The van der Waals surface area contributed by atoms with Crippen molar-refractivity contribution in [2.75, 3.05) is 19.8 Å². The van der Waals surface area contributed by atoms with Gasteiger partial charge in [0.1, 0.15) is 0 Å². The molecule has 17 heavy (non-hydrogen) atoms. The molecular weight excluding hydrogens is 216 g/mol. The van der Waals surface area contributed by atoms with Crippen LogP contribution in [0.5, 0.6) is 0 Å². The van der Waals surface area contributed by atoms with E-state index in [-0.39, 0.29) is 6.10 Å². The molecule has 0 aromatic heterocycles. The summed E-state index contributed by atoms with van der Waals surface area (Å²) in [6.45, 7) is 5.80. The largest absolute Gasteiger partial charge is 0.388 e. The van der Waals surface area contributed by atoms with E-state index in [0.717, 1.165) is 5.56 Å². The molecule has 96 valence electrons. The normalized spacial score (nSPS) is 14.5. The summed E-state index contributed by atoms with van der Waals surface area (Å²) in [7, 11) is 0. The highest BCUT2D eigenvalue weighted by Crippen LogP contribution is 2.15. The Morgan fingerprint density at radius 3 is 2.59 bits per heavy atom. The Labute approximate surface area is 103 Å². The summed E-state index contributed by atoms with van der Waals surface area (Å²) in [6.07, 6.45) is 0.244. The van der Waals surface area contributed by atoms with Gasteiger partial charge in [-0.25, -0.2) is 0 Å². The lowest BCUT2D eigenvalue weighted by atomic mass is 10.1. The van der Waals surface area contributed by atoms with E-state index < -0.39 is 6.10 Å². The molecule has 0 spiro atoms. The van der Waals surface area contributed by atoms with E-state index in [1.165, 1.54) is 0 Å². The molecule has 0 aliphatic carbocycles. The minimum Gasteiger partial charge on any atom is -0.388 e. The minimum atomic E-state index is -0.449. The van der Waals surface area contributed by atoms with Gasteiger partial charge in [0.25, 0.3) is 0 Å². The topological polar surface area (TPSA) is 38.7 Å². The lowest BCUT2D eigenvalue weighted by Gasteiger charge is -2.15. The van der Waals surface area contributed by atoms with E-state index in [1.807, 2.05) is 44.2 Å². The van der Waals surface area contributed by atoms with Crippen molar-refractivity contribution >= 4 is 0 Å². The van der Waals surface area contributed by atoms with Gasteiger partial charge in [0, 0.05) is 19.6 Å². The minimum absolute atomic E-state index is 0.0814. The van der Waals surface area contributed by atoms with Gasteiger partial charge in [-0.1, -0.05) is 30.3 Å². The summed E-state index contributed by atoms with van der Waals surface area (Å²) in [5.74, 6) is 0. The second-order valence-electron chi connectivity index (χ2n) is 4.06. The molecule has 0 saturated heterocycles. The lowest BCUT2D eigenvalue weighted by molar-refractivity contribution is -0.0148. The molecule has 0 bridgehead atoms. The molecule has 0 radical (unpaired) electrons. The number of benzene rings is 1. The van der Waals surface area contributed by atoms with Crippen LogP contribution in [0.2, 0.25) is 0 Å². The molecule has 0 amide bonds. The average Bonchev–Trinajstić information content (AvgIpc) is 2.37. The highest BCUT2D eigenvalue weighted by Gasteiger charge is 2.08. The van der Waals surface area contributed by atoms with Gasteiger partial charge in [0.2, 0.25) is 0 Å². The maximum absolute atomic E-state index is 9.90. The van der Waals surface area contributed by atoms with Crippen molar-refractivity contribution in [3.05, 3.63) is 35.9 Å². The van der Waals surface area contributed by atoms with Crippen LogP contribution in [0.25, 0.3) is 0 Å². The first-order valence-corrected chi connectivity index (χ1v) is 6.16. The zero-order valence-electron chi connectivity index (χ0n) is 10.6. The smallest absolute Gasteiger partial charge is 0.0812 e. The standard InChI is InChI=1S/C14H22O3/c1-3-16-11-12(2)17-10-9-14(15)13-7-5-4-6-8-13/h4-8,12,14-15H,3,9-11H2,1-2H3. The summed E-state index contributed by atoms with van der Waals surface area (Å²) >= 11 is 0. The van der Waals surface area contributed by atoms with Gasteiger partial charge in [0.05, 0.1) is 18.8 Å². The fourth-order valence-electron chi connectivity index (χ4n) is 1.55. The van der Waals surface area contributed by atoms with Crippen molar-refractivity contribution in [2.45, 2.75) is 32.5 Å². The first kappa shape index (κ1) is 14.2. The van der Waals surface area contributed by atoms with Gasteiger partial charge >= 0.3 is 0 Å². The Hall–Kier alpha value is -0.900. The molecule has 0 aliphatic heterocycles. The number of aliphatic hydroxyl groups excluding tert-OH is 1. The molecule has 3 heteroatoms. The molecule has 1 rings (SSSR count). The number of aliphatic hydroxyl groups is 1. The first-order valence-electron chi connectivity index (χ1n) is 6.16. The highest BCUT2D eigenvalue weighted by molar-refractivity contribution is 5.16. The Morgan fingerprint density at radius 2 is 1.94 bits per heavy atom. The maximum atomic E-state index is 9.90. The molecule has 1 aromatic rings. The fraction of sp³-hybridized carbons (Fsp3) is 0.571. The number of rotatable bonds is 8. The van der Waals surface area contributed by atoms with E-state index in [1.54, 1.807) is 0 Å². The van der Waals surface area contributed by atoms with Gasteiger partial charge in [-0.15, -0.1) is 0 Å². The summed E-state index contributed by atoms with van der Waals surface area (Å²) in [5, 5.41) is 9.90. The van der Waals surface area contributed by atoms with E-state index in [0.29, 0.717) is 26.2 Å². The third-order valence-electron chi connectivity index (χ3n) is 2.53. The molecule has 2 atom stereocenters. The van der Waals surface area contributed by atoms with Gasteiger partial charge in [-0.05, 0) is 19.4 Å². The molecule has 0 heterocycles. The van der Waals surface area contributed by atoms with E-state index >= 15 is 0 Å². The van der Waals surface area contributed by atoms with Crippen LogP contribution in [0.3, 0.4) is 0 Å². The van der Waals surface area contributed by atoms with E-state index in [9.17, 15) is 5.11 Å². The van der Waals surface area contributed by atoms with Crippen molar-refractivity contribution in [1.82, 2.24) is 0 Å². The van der Waals surface area contributed by atoms with Crippen LogP contribution in [0.15, 0.2) is 30.3 Å². The van der Waals surface area contributed by atoms with Crippen LogP contribution < -0.4 is 0 Å². The summed E-state index contributed by atoms with van der Waals surface area (Å²) in [5.41, 5.74) is 0.938. The van der Waals surface area contributed by atoms with Gasteiger partial charge in [0.15, 0.2) is 0 Å². The van der Waals surface area contributed by atoms with Crippen molar-refractivity contribution in [3.63, 3.8) is 0 Å². The van der Waals surface area contributed by atoms with Crippen LogP contribution in [0, 0.1) is 0 Å². The van der Waals surface area contributed by atoms with Crippen molar-refractivity contribution in [2.24, 2.45) is 0 Å². The van der Waals surface area contributed by atoms with Gasteiger partial charge in [-0.3, -0.25) is 0 Å². The SMILES string of the molecule is CCOCC(C)OCCC(O)c1ccccc1. The summed E-state index contributed by atoms with van der Waals surface area (Å²) < 4.78 is 10.8. The van der Waals surface area contributed by atoms with Gasteiger partial charge < -0.3 is 14.6 Å². The molecule has 0 fully saturated rings. The Kier molecular flexibility index (Phi) is 6.86. The van der Waals surface area contributed by atoms with Crippen LogP contribution in [-0.2, 0) is 9.47 Å². The second kappa shape index (κ2) is 8.23. The molecule has 0 aliphatic rings. The predicted octanol–water partition coefficient (Wildman–Crippen LogP) is 2.55. The number of ether oxygens (including phenoxy) is 2. The molecule has 0 saturated carbocycles.